The van der Waals surface area contributed by atoms with Crippen LogP contribution in [0.25, 0.3) is 0 Å². The van der Waals surface area contributed by atoms with Gasteiger partial charge in [0.05, 0.1) is 3.79 Å². The summed E-state index contributed by atoms with van der Waals surface area (Å²) in [4.78, 5) is 1.45. The fourth-order valence-corrected chi connectivity index (χ4v) is 2.45. The molecule has 0 bridgehead atoms. The molecule has 0 spiro atoms. The lowest BCUT2D eigenvalue weighted by molar-refractivity contribution is 0.751. The van der Waals surface area contributed by atoms with Gasteiger partial charge in [0.2, 0.25) is 0 Å². The molecule has 0 atom stereocenters. The van der Waals surface area contributed by atoms with Gasteiger partial charge in [-0.25, -0.2) is 0 Å². The van der Waals surface area contributed by atoms with Gasteiger partial charge >= 0.3 is 0 Å². The largest absolute Gasteiger partial charge is 0.330 e. The van der Waals surface area contributed by atoms with E-state index in [-0.39, 0.29) is 0 Å². The number of halogens is 1. The minimum absolute atomic E-state index is 0.812. The van der Waals surface area contributed by atoms with Crippen LogP contribution in [0.1, 0.15) is 17.7 Å². The molecular weight excluding hydrogens is 222 g/mol. The summed E-state index contributed by atoms with van der Waals surface area (Å²) in [5.41, 5.74) is 5.39. The zero-order chi connectivity index (χ0) is 8.10. The summed E-state index contributed by atoms with van der Waals surface area (Å²) in [6.45, 7) is 0.812. The number of unbranched alkanes of at least 4 members (excludes halogenated alkanes) is 1. The predicted octanol–water partition coefficient (Wildman–Crippen LogP) is 2.79. The number of rotatable bonds is 4. The van der Waals surface area contributed by atoms with Gasteiger partial charge < -0.3 is 5.73 Å². The normalized spacial score (nSPS) is 10.4. The molecule has 0 unspecified atom stereocenters. The Morgan fingerprint density at radius 3 is 2.73 bits per heavy atom. The summed E-state index contributed by atoms with van der Waals surface area (Å²) >= 11 is 5.25. The van der Waals surface area contributed by atoms with Crippen LogP contribution in [0.2, 0.25) is 0 Å². The highest BCUT2D eigenvalue weighted by atomic mass is 79.9. The number of aryl methyl sites for hydroxylation is 1. The van der Waals surface area contributed by atoms with Crippen LogP contribution < -0.4 is 5.73 Å². The second kappa shape index (κ2) is 4.91. The van der Waals surface area contributed by atoms with E-state index >= 15 is 0 Å². The van der Waals surface area contributed by atoms with Gasteiger partial charge in [-0.05, 0) is 53.9 Å². The van der Waals surface area contributed by atoms with E-state index in [2.05, 4.69) is 28.1 Å². The standard InChI is InChI=1S/C8H12BrNS/c9-8-5-4-7(11-8)3-1-2-6-10/h4-5H,1-3,6,10H2. The molecule has 1 nitrogen and oxygen atoms in total. The summed E-state index contributed by atoms with van der Waals surface area (Å²) in [7, 11) is 0. The van der Waals surface area contributed by atoms with Crippen molar-refractivity contribution >= 4 is 27.3 Å². The zero-order valence-corrected chi connectivity index (χ0v) is 8.75. The molecule has 0 radical (unpaired) electrons. The van der Waals surface area contributed by atoms with E-state index in [1.165, 1.54) is 21.5 Å². The highest BCUT2D eigenvalue weighted by Crippen LogP contribution is 2.23. The maximum atomic E-state index is 5.39. The van der Waals surface area contributed by atoms with Crippen LogP contribution in [0.3, 0.4) is 0 Å². The first kappa shape index (κ1) is 9.23. The molecule has 0 aromatic carbocycles. The second-order valence-electron chi connectivity index (χ2n) is 2.45. The quantitative estimate of drug-likeness (QED) is 0.796. The summed E-state index contributed by atoms with van der Waals surface area (Å²) < 4.78 is 1.22. The van der Waals surface area contributed by atoms with Gasteiger partial charge in [0, 0.05) is 4.88 Å². The first-order chi connectivity index (χ1) is 5.33. The van der Waals surface area contributed by atoms with Crippen LogP contribution in [0, 0.1) is 0 Å². The maximum Gasteiger partial charge on any atom is 0.0701 e. The van der Waals surface area contributed by atoms with E-state index in [4.69, 9.17) is 5.73 Å². The molecule has 1 rings (SSSR count). The lowest BCUT2D eigenvalue weighted by atomic mass is 10.2. The Hall–Kier alpha value is 0.140. The van der Waals surface area contributed by atoms with Crippen LogP contribution in [-0.4, -0.2) is 6.54 Å². The molecule has 1 aromatic heterocycles. The number of thiophene rings is 1. The van der Waals surface area contributed by atoms with E-state index in [1.54, 1.807) is 0 Å². The van der Waals surface area contributed by atoms with Gasteiger partial charge in [-0.15, -0.1) is 11.3 Å². The minimum atomic E-state index is 0.812. The Morgan fingerprint density at radius 1 is 1.36 bits per heavy atom. The molecule has 1 aromatic rings. The molecule has 1 heterocycles. The van der Waals surface area contributed by atoms with Gasteiger partial charge in [-0.2, -0.15) is 0 Å². The average Bonchev–Trinajstić information content (AvgIpc) is 2.37. The van der Waals surface area contributed by atoms with Crippen molar-refractivity contribution in [1.29, 1.82) is 0 Å². The first-order valence-electron chi connectivity index (χ1n) is 3.77. The molecule has 0 aliphatic carbocycles. The molecule has 11 heavy (non-hydrogen) atoms. The minimum Gasteiger partial charge on any atom is -0.330 e. The SMILES string of the molecule is NCCCCc1ccc(Br)s1. The Balaban J connectivity index is 2.27. The molecule has 2 N–H and O–H groups in total. The van der Waals surface area contributed by atoms with Crippen molar-refractivity contribution in [1.82, 2.24) is 0 Å². The summed E-state index contributed by atoms with van der Waals surface area (Å²) in [5, 5.41) is 0. The van der Waals surface area contributed by atoms with E-state index in [1.807, 2.05) is 11.3 Å². The summed E-state index contributed by atoms with van der Waals surface area (Å²) in [6.07, 6.45) is 3.52. The topological polar surface area (TPSA) is 26.0 Å². The molecule has 0 aliphatic heterocycles. The molecule has 0 amide bonds. The Morgan fingerprint density at radius 2 is 2.18 bits per heavy atom. The fraction of sp³-hybridized carbons (Fsp3) is 0.500. The number of hydrogen-bond acceptors (Lipinski definition) is 2. The van der Waals surface area contributed by atoms with Crippen molar-refractivity contribution in [3.8, 4) is 0 Å². The molecule has 0 saturated heterocycles. The molecule has 62 valence electrons. The van der Waals surface area contributed by atoms with Crippen LogP contribution in [0.15, 0.2) is 15.9 Å². The summed E-state index contributed by atoms with van der Waals surface area (Å²) in [5.74, 6) is 0. The van der Waals surface area contributed by atoms with Gasteiger partial charge in [-0.1, -0.05) is 0 Å². The molecule has 0 fully saturated rings. The van der Waals surface area contributed by atoms with Crippen molar-refractivity contribution in [3.05, 3.63) is 20.8 Å². The third kappa shape index (κ3) is 3.36. The number of hydrogen-bond donors (Lipinski definition) is 1. The lowest BCUT2D eigenvalue weighted by Gasteiger charge is -1.93. The van der Waals surface area contributed by atoms with E-state index < -0.39 is 0 Å². The van der Waals surface area contributed by atoms with Gasteiger partial charge in [0.1, 0.15) is 0 Å². The molecule has 0 aliphatic rings. The van der Waals surface area contributed by atoms with Crippen molar-refractivity contribution in [2.45, 2.75) is 19.3 Å². The summed E-state index contributed by atoms with van der Waals surface area (Å²) in [6, 6.07) is 4.27. The average molecular weight is 234 g/mol. The molecule has 3 heteroatoms. The van der Waals surface area contributed by atoms with Gasteiger partial charge in [0.15, 0.2) is 0 Å². The monoisotopic (exact) mass is 233 g/mol. The highest BCUT2D eigenvalue weighted by molar-refractivity contribution is 9.11. The van der Waals surface area contributed by atoms with Crippen molar-refractivity contribution in [3.63, 3.8) is 0 Å². The smallest absolute Gasteiger partial charge is 0.0701 e. The molecular formula is C8H12BrNS. The number of nitrogens with two attached hydrogens (primary N) is 1. The Bertz CT molecular complexity index is 210. The fourth-order valence-electron chi connectivity index (χ4n) is 0.930. The predicted molar refractivity (Wildman–Crippen MR) is 54.0 cm³/mol. The molecule has 0 saturated carbocycles. The second-order valence-corrected chi connectivity index (χ2v) is 5.00. The van der Waals surface area contributed by atoms with Crippen LogP contribution in [0.4, 0.5) is 0 Å². The van der Waals surface area contributed by atoms with Crippen molar-refractivity contribution in [2.75, 3.05) is 6.54 Å². The first-order valence-corrected chi connectivity index (χ1v) is 5.38. The van der Waals surface area contributed by atoms with Crippen LogP contribution in [0.5, 0.6) is 0 Å². The van der Waals surface area contributed by atoms with Gasteiger partial charge in [0.25, 0.3) is 0 Å². The van der Waals surface area contributed by atoms with Crippen LogP contribution in [-0.2, 0) is 6.42 Å². The Kier molecular flexibility index (Phi) is 4.12. The third-order valence-corrected chi connectivity index (χ3v) is 3.19. The lowest BCUT2D eigenvalue weighted by Crippen LogP contribution is -1.98. The van der Waals surface area contributed by atoms with Gasteiger partial charge in [-0.3, -0.25) is 0 Å². The van der Waals surface area contributed by atoms with Crippen molar-refractivity contribution < 1.29 is 0 Å². The third-order valence-electron chi connectivity index (χ3n) is 1.51. The van der Waals surface area contributed by atoms with E-state index in [0.717, 1.165) is 13.0 Å². The highest BCUT2D eigenvalue weighted by Gasteiger charge is 1.96. The van der Waals surface area contributed by atoms with Crippen LogP contribution >= 0.6 is 27.3 Å². The zero-order valence-electron chi connectivity index (χ0n) is 6.35. The van der Waals surface area contributed by atoms with E-state index in [0.29, 0.717) is 0 Å². The van der Waals surface area contributed by atoms with Crippen molar-refractivity contribution in [2.24, 2.45) is 5.73 Å². The maximum absolute atomic E-state index is 5.39. The Labute approximate surface area is 79.7 Å². The van der Waals surface area contributed by atoms with E-state index in [9.17, 15) is 0 Å².